The van der Waals surface area contributed by atoms with E-state index in [9.17, 15) is 27.7 Å². The molecule has 1 amide bonds. The van der Waals surface area contributed by atoms with Crippen LogP contribution in [0.2, 0.25) is 0 Å². The van der Waals surface area contributed by atoms with Crippen molar-refractivity contribution in [2.75, 3.05) is 44.2 Å². The van der Waals surface area contributed by atoms with Gasteiger partial charge in [0.15, 0.2) is 5.13 Å². The highest BCUT2D eigenvalue weighted by Crippen LogP contribution is 2.32. The minimum atomic E-state index is -3.80. The number of piperidine rings is 1. The molecule has 190 valence electrons. The number of sulfonamides is 1. The molecule has 0 radical (unpaired) electrons. The molecule has 0 aliphatic carbocycles. The summed E-state index contributed by atoms with van der Waals surface area (Å²) in [6.45, 7) is 2.53. The summed E-state index contributed by atoms with van der Waals surface area (Å²) in [4.78, 5) is 32.3. The van der Waals surface area contributed by atoms with E-state index in [4.69, 9.17) is 0 Å². The number of aromatic nitrogens is 1. The zero-order chi connectivity index (χ0) is 25.4. The van der Waals surface area contributed by atoms with E-state index >= 15 is 0 Å². The molecule has 2 aromatic carbocycles. The SMILES string of the molecule is O=C(C1CCCN(S(=O)(=O)c2ccc(F)cc2)C1)N1CCN(c2nc3ccc([N+](=O)[O-])cc3s2)CC1. The Morgan fingerprint density at radius 2 is 1.81 bits per heavy atom. The topological polar surface area (TPSA) is 117 Å². The summed E-state index contributed by atoms with van der Waals surface area (Å²) in [6.07, 6.45) is 1.19. The maximum atomic E-state index is 13.3. The Kier molecular flexibility index (Phi) is 6.62. The van der Waals surface area contributed by atoms with E-state index in [0.29, 0.717) is 51.1 Å². The van der Waals surface area contributed by atoms with Gasteiger partial charge in [-0.15, -0.1) is 0 Å². The van der Waals surface area contributed by atoms with Crippen LogP contribution in [0.3, 0.4) is 0 Å². The first-order chi connectivity index (χ1) is 17.2. The summed E-state index contributed by atoms with van der Waals surface area (Å²) in [7, 11) is -3.80. The molecule has 1 unspecified atom stereocenters. The van der Waals surface area contributed by atoms with E-state index in [-0.39, 0.29) is 23.0 Å². The maximum Gasteiger partial charge on any atom is 0.270 e. The number of rotatable bonds is 5. The Labute approximate surface area is 211 Å². The number of thiazole rings is 1. The van der Waals surface area contributed by atoms with Crippen molar-refractivity contribution in [3.05, 3.63) is 58.4 Å². The van der Waals surface area contributed by atoms with Crippen LogP contribution in [0.4, 0.5) is 15.2 Å². The summed E-state index contributed by atoms with van der Waals surface area (Å²) in [5.74, 6) is -0.996. The number of fused-ring (bicyclic) bond motifs is 1. The fourth-order valence-electron chi connectivity index (χ4n) is 4.64. The molecule has 3 heterocycles. The van der Waals surface area contributed by atoms with Crippen LogP contribution in [0, 0.1) is 21.8 Å². The molecule has 2 saturated heterocycles. The number of halogens is 1. The van der Waals surface area contributed by atoms with E-state index in [2.05, 4.69) is 9.88 Å². The first kappa shape index (κ1) is 24.5. The molecule has 0 saturated carbocycles. The Balaban J connectivity index is 1.22. The van der Waals surface area contributed by atoms with E-state index in [1.54, 1.807) is 11.0 Å². The van der Waals surface area contributed by atoms with E-state index in [0.717, 1.165) is 22.0 Å². The molecule has 3 aromatic rings. The average molecular weight is 534 g/mol. The average Bonchev–Trinajstić information content (AvgIpc) is 3.32. The summed E-state index contributed by atoms with van der Waals surface area (Å²) < 4.78 is 41.3. The van der Waals surface area contributed by atoms with E-state index in [1.807, 2.05) is 0 Å². The lowest BCUT2D eigenvalue weighted by Crippen LogP contribution is -2.53. The van der Waals surface area contributed by atoms with Crippen molar-refractivity contribution in [2.45, 2.75) is 17.7 Å². The maximum absolute atomic E-state index is 13.3. The predicted molar refractivity (Wildman–Crippen MR) is 133 cm³/mol. The second kappa shape index (κ2) is 9.71. The number of hydrogen-bond acceptors (Lipinski definition) is 8. The molecule has 2 aliphatic rings. The Morgan fingerprint density at radius 1 is 1.08 bits per heavy atom. The third kappa shape index (κ3) is 4.77. The van der Waals surface area contributed by atoms with Crippen molar-refractivity contribution < 1.29 is 22.5 Å². The van der Waals surface area contributed by atoms with Crippen molar-refractivity contribution in [1.82, 2.24) is 14.2 Å². The highest BCUT2D eigenvalue weighted by molar-refractivity contribution is 7.89. The Bertz CT molecular complexity index is 1400. The summed E-state index contributed by atoms with van der Waals surface area (Å²) in [6, 6.07) is 9.32. The second-order valence-corrected chi connectivity index (χ2v) is 11.8. The lowest BCUT2D eigenvalue weighted by molar-refractivity contribution is -0.384. The lowest BCUT2D eigenvalue weighted by atomic mass is 9.98. The Hall–Kier alpha value is -3.16. The number of carbonyl (C=O) groups is 1. The highest BCUT2D eigenvalue weighted by Gasteiger charge is 2.36. The molecule has 0 N–H and O–H groups in total. The van der Waals surface area contributed by atoms with Crippen molar-refractivity contribution in [3.63, 3.8) is 0 Å². The zero-order valence-corrected chi connectivity index (χ0v) is 20.9. The minimum absolute atomic E-state index is 0.0202. The molecule has 5 rings (SSSR count). The fourth-order valence-corrected chi connectivity index (χ4v) is 7.22. The first-order valence-electron chi connectivity index (χ1n) is 11.6. The molecule has 2 aliphatic heterocycles. The number of hydrogen-bond donors (Lipinski definition) is 0. The third-order valence-corrected chi connectivity index (χ3v) is 9.58. The van der Waals surface area contributed by atoms with Crippen LogP contribution >= 0.6 is 11.3 Å². The number of piperazine rings is 1. The number of benzene rings is 2. The number of carbonyl (C=O) groups excluding carboxylic acids is 1. The number of anilines is 1. The standard InChI is InChI=1S/C23H24FN5O5S2/c24-17-3-6-19(7-4-17)36(33,34)28-9-1-2-16(15-28)22(30)26-10-12-27(13-11-26)23-25-20-8-5-18(29(31)32)14-21(20)35-23/h3-8,14,16H,1-2,9-13,15H2. The van der Waals surface area contributed by atoms with Crippen LogP contribution in [0.1, 0.15) is 12.8 Å². The summed E-state index contributed by atoms with van der Waals surface area (Å²) in [5, 5.41) is 11.8. The van der Waals surface area contributed by atoms with Crippen molar-refractivity contribution >= 4 is 48.3 Å². The van der Waals surface area contributed by atoms with Gasteiger partial charge in [-0.2, -0.15) is 4.31 Å². The summed E-state index contributed by atoms with van der Waals surface area (Å²) >= 11 is 1.38. The van der Waals surface area contributed by atoms with Crippen LogP contribution in [0.15, 0.2) is 47.4 Å². The van der Waals surface area contributed by atoms with Gasteiger partial charge in [-0.1, -0.05) is 11.3 Å². The second-order valence-electron chi connectivity index (χ2n) is 8.87. The molecule has 13 heteroatoms. The van der Waals surface area contributed by atoms with Gasteiger partial charge in [-0.3, -0.25) is 14.9 Å². The molecule has 0 bridgehead atoms. The fraction of sp³-hybridized carbons (Fsp3) is 0.391. The molecule has 2 fully saturated rings. The number of non-ortho nitro benzene ring substituents is 1. The first-order valence-corrected chi connectivity index (χ1v) is 13.8. The normalized spacial score (nSPS) is 19.5. The van der Waals surface area contributed by atoms with Crippen molar-refractivity contribution in [3.8, 4) is 0 Å². The van der Waals surface area contributed by atoms with Gasteiger partial charge in [0.05, 0.1) is 26.0 Å². The van der Waals surface area contributed by atoms with E-state index in [1.165, 1.54) is 39.9 Å². The molecule has 1 aromatic heterocycles. The quantitative estimate of drug-likeness (QED) is 0.365. The number of nitro groups is 1. The van der Waals surface area contributed by atoms with Gasteiger partial charge in [0, 0.05) is 51.4 Å². The molecular formula is C23H24FN5O5S2. The van der Waals surface area contributed by atoms with Crippen LogP contribution < -0.4 is 4.90 Å². The van der Waals surface area contributed by atoms with Gasteiger partial charge >= 0.3 is 0 Å². The van der Waals surface area contributed by atoms with Crippen LogP contribution in [-0.4, -0.2) is 72.7 Å². The van der Waals surface area contributed by atoms with E-state index < -0.39 is 26.7 Å². The summed E-state index contributed by atoms with van der Waals surface area (Å²) in [5.41, 5.74) is 0.722. The predicted octanol–water partition coefficient (Wildman–Crippen LogP) is 3.09. The third-order valence-electron chi connectivity index (χ3n) is 6.62. The van der Waals surface area contributed by atoms with Crippen LogP contribution in [-0.2, 0) is 14.8 Å². The molecule has 0 spiro atoms. The van der Waals surface area contributed by atoms with Gasteiger partial charge in [0.2, 0.25) is 15.9 Å². The van der Waals surface area contributed by atoms with Crippen molar-refractivity contribution in [2.24, 2.45) is 5.92 Å². The largest absolute Gasteiger partial charge is 0.345 e. The smallest absolute Gasteiger partial charge is 0.270 e. The molecule has 36 heavy (non-hydrogen) atoms. The van der Waals surface area contributed by atoms with Gasteiger partial charge in [0.1, 0.15) is 5.82 Å². The van der Waals surface area contributed by atoms with Gasteiger partial charge in [-0.25, -0.2) is 17.8 Å². The highest BCUT2D eigenvalue weighted by atomic mass is 32.2. The van der Waals surface area contributed by atoms with Gasteiger partial charge < -0.3 is 9.80 Å². The minimum Gasteiger partial charge on any atom is -0.345 e. The van der Waals surface area contributed by atoms with Crippen LogP contribution in [0.25, 0.3) is 10.2 Å². The molecule has 10 nitrogen and oxygen atoms in total. The molecule has 1 atom stereocenters. The lowest BCUT2D eigenvalue weighted by Gasteiger charge is -2.38. The monoisotopic (exact) mass is 533 g/mol. The number of nitrogens with zero attached hydrogens (tertiary/aromatic N) is 5. The molecular weight excluding hydrogens is 509 g/mol. The van der Waals surface area contributed by atoms with Gasteiger partial charge in [0.25, 0.3) is 5.69 Å². The number of amides is 1. The Morgan fingerprint density at radius 3 is 2.50 bits per heavy atom. The zero-order valence-electron chi connectivity index (χ0n) is 19.2. The van der Waals surface area contributed by atoms with Crippen molar-refractivity contribution in [1.29, 1.82) is 0 Å². The van der Waals surface area contributed by atoms with Gasteiger partial charge in [-0.05, 0) is 43.2 Å². The van der Waals surface area contributed by atoms with Crippen LogP contribution in [0.5, 0.6) is 0 Å². The number of nitro benzene ring substituents is 1.